The highest BCUT2D eigenvalue weighted by atomic mass is 16.6. The van der Waals surface area contributed by atoms with Crippen LogP contribution in [0.5, 0.6) is 0 Å². The van der Waals surface area contributed by atoms with Crippen molar-refractivity contribution in [2.24, 2.45) is 0 Å². The molecule has 0 aliphatic rings. The first-order valence-corrected chi connectivity index (χ1v) is 9.34. The van der Waals surface area contributed by atoms with Gasteiger partial charge in [0, 0.05) is 6.42 Å². The van der Waals surface area contributed by atoms with Crippen molar-refractivity contribution >= 4 is 6.29 Å². The molecule has 0 aliphatic heterocycles. The summed E-state index contributed by atoms with van der Waals surface area (Å²) in [6.45, 7) is 2.12. The molecule has 0 aliphatic carbocycles. The summed E-state index contributed by atoms with van der Waals surface area (Å²) in [4.78, 5) is 31.2. The fourth-order valence-electron chi connectivity index (χ4n) is 2.25. The number of nitrogens with zero attached hydrogens (tertiary/aromatic N) is 2. The van der Waals surface area contributed by atoms with Gasteiger partial charge >= 0.3 is 0 Å². The van der Waals surface area contributed by atoms with Gasteiger partial charge in [-0.15, -0.1) is 0 Å². The number of allylic oxidation sites excluding steroid dienone is 6. The topological polar surface area (TPSA) is 103 Å². The van der Waals surface area contributed by atoms with Gasteiger partial charge in [-0.25, -0.2) is 0 Å². The lowest BCUT2D eigenvalue weighted by atomic mass is 10.1. The first kappa shape index (κ1) is 24.4. The van der Waals surface area contributed by atoms with E-state index in [4.69, 9.17) is 0 Å². The molecule has 7 nitrogen and oxygen atoms in total. The van der Waals surface area contributed by atoms with E-state index in [-0.39, 0.29) is 17.8 Å². The Morgan fingerprint density at radius 2 is 1.37 bits per heavy atom. The molecule has 0 N–H and O–H groups in total. The standard InChI is InChI=1S/C20H29N2O5/c1-2-3-4-5-6-9-12-15-19(21(24)25)18-20(22(26)27)16-13-10-7-8-11-14-17-23/h6-7,9-10,15-16H,2-5,8,11-14,18H2,1H3/b9-6+,10-7+,19-15-,20-16-. The summed E-state index contributed by atoms with van der Waals surface area (Å²) in [6, 6.07) is 0. The molecule has 0 saturated heterocycles. The molecule has 0 aromatic rings. The Hall–Kier alpha value is -2.57. The van der Waals surface area contributed by atoms with Gasteiger partial charge in [-0.05, 0) is 50.7 Å². The van der Waals surface area contributed by atoms with Crippen LogP contribution in [0.3, 0.4) is 0 Å². The average Bonchev–Trinajstić information content (AvgIpc) is 2.63. The summed E-state index contributed by atoms with van der Waals surface area (Å²) in [5, 5.41) is 22.3. The highest BCUT2D eigenvalue weighted by molar-refractivity contribution is 5.50. The van der Waals surface area contributed by atoms with Gasteiger partial charge in [0.1, 0.15) is 6.42 Å². The second-order valence-electron chi connectivity index (χ2n) is 6.03. The lowest BCUT2D eigenvalue weighted by molar-refractivity contribution is -0.450. The van der Waals surface area contributed by atoms with Crippen LogP contribution in [0.2, 0.25) is 0 Å². The molecule has 0 aromatic carbocycles. The summed E-state index contributed by atoms with van der Waals surface area (Å²) in [5.41, 5.74) is -0.350. The van der Waals surface area contributed by atoms with Crippen LogP contribution in [0, 0.1) is 20.2 Å². The molecule has 149 valence electrons. The third-order valence-electron chi connectivity index (χ3n) is 3.77. The van der Waals surface area contributed by atoms with E-state index in [0.29, 0.717) is 32.1 Å². The highest BCUT2D eigenvalue weighted by Crippen LogP contribution is 2.15. The molecule has 7 heteroatoms. The molecule has 0 bridgehead atoms. The van der Waals surface area contributed by atoms with Crippen molar-refractivity contribution in [1.29, 1.82) is 0 Å². The van der Waals surface area contributed by atoms with Crippen molar-refractivity contribution in [3.05, 3.63) is 68.1 Å². The monoisotopic (exact) mass is 377 g/mol. The largest absolute Gasteiger partial charge is 0.291 e. The molecule has 27 heavy (non-hydrogen) atoms. The molecular weight excluding hydrogens is 348 g/mol. The van der Waals surface area contributed by atoms with Crippen molar-refractivity contribution < 1.29 is 14.6 Å². The molecular formula is C20H29N2O5. The van der Waals surface area contributed by atoms with Gasteiger partial charge in [-0.3, -0.25) is 25.0 Å². The highest BCUT2D eigenvalue weighted by Gasteiger charge is 2.20. The smallest absolute Gasteiger partial charge is 0.253 e. The van der Waals surface area contributed by atoms with E-state index in [9.17, 15) is 25.0 Å². The Labute approximate surface area is 160 Å². The first-order chi connectivity index (χ1) is 13.0. The molecule has 0 atom stereocenters. The third-order valence-corrected chi connectivity index (χ3v) is 3.77. The maximum Gasteiger partial charge on any atom is 0.253 e. The summed E-state index contributed by atoms with van der Waals surface area (Å²) in [7, 11) is 0. The minimum absolute atomic E-state index is 0.165. The van der Waals surface area contributed by atoms with Crippen LogP contribution >= 0.6 is 0 Å². The second-order valence-corrected chi connectivity index (χ2v) is 6.03. The normalized spacial score (nSPS) is 12.8. The van der Waals surface area contributed by atoms with Gasteiger partial charge in [-0.1, -0.05) is 44.1 Å². The molecule has 0 unspecified atom stereocenters. The van der Waals surface area contributed by atoms with E-state index in [1.54, 1.807) is 12.4 Å². The summed E-state index contributed by atoms with van der Waals surface area (Å²) in [6.07, 6.45) is 18.5. The van der Waals surface area contributed by atoms with Crippen LogP contribution in [0.15, 0.2) is 47.9 Å². The lowest BCUT2D eigenvalue weighted by Crippen LogP contribution is -2.06. The minimum atomic E-state index is -0.576. The number of carbonyl (C=O) groups excluding carboxylic acids is 1. The summed E-state index contributed by atoms with van der Waals surface area (Å²) in [5.74, 6) is 0. The van der Waals surface area contributed by atoms with E-state index < -0.39 is 9.85 Å². The zero-order valence-electron chi connectivity index (χ0n) is 16.0. The molecule has 0 heterocycles. The zero-order chi connectivity index (χ0) is 20.3. The predicted molar refractivity (Wildman–Crippen MR) is 106 cm³/mol. The fourth-order valence-corrected chi connectivity index (χ4v) is 2.25. The Balaban J connectivity index is 4.66. The van der Waals surface area contributed by atoms with Crippen molar-refractivity contribution in [3.63, 3.8) is 0 Å². The number of hydrogen-bond acceptors (Lipinski definition) is 5. The molecule has 0 spiro atoms. The minimum Gasteiger partial charge on any atom is -0.291 e. The Bertz CT molecular complexity index is 577. The molecule has 1 radical (unpaired) electrons. The third kappa shape index (κ3) is 14.3. The van der Waals surface area contributed by atoms with Crippen molar-refractivity contribution in [1.82, 2.24) is 0 Å². The Kier molecular flexibility index (Phi) is 15.3. The lowest BCUT2D eigenvalue weighted by Gasteiger charge is -1.98. The second kappa shape index (κ2) is 16.9. The number of unbranched alkanes of at least 4 members (excludes halogenated alkanes) is 5. The Morgan fingerprint density at radius 1 is 0.852 bits per heavy atom. The van der Waals surface area contributed by atoms with Gasteiger partial charge in [0.05, 0.1) is 9.85 Å². The molecule has 0 amide bonds. The van der Waals surface area contributed by atoms with E-state index in [1.807, 2.05) is 18.2 Å². The SMILES string of the molecule is CCCCC/C=C/C/C=C(/C/C(=C/C/C=C/CCC[C]=O)[N+](=O)[O-])[N+](=O)[O-]. The van der Waals surface area contributed by atoms with Crippen LogP contribution in [0.4, 0.5) is 0 Å². The number of hydrogen-bond donors (Lipinski definition) is 0. The summed E-state index contributed by atoms with van der Waals surface area (Å²) >= 11 is 0. The van der Waals surface area contributed by atoms with Gasteiger partial charge in [0.2, 0.25) is 0 Å². The molecule has 0 rings (SSSR count). The van der Waals surface area contributed by atoms with Crippen LogP contribution in [0.25, 0.3) is 0 Å². The maximum absolute atomic E-state index is 11.2. The van der Waals surface area contributed by atoms with Gasteiger partial charge < -0.3 is 0 Å². The van der Waals surface area contributed by atoms with Crippen LogP contribution in [-0.2, 0) is 4.79 Å². The Morgan fingerprint density at radius 3 is 1.81 bits per heavy atom. The zero-order valence-corrected chi connectivity index (χ0v) is 16.0. The number of rotatable bonds is 16. The van der Waals surface area contributed by atoms with E-state index >= 15 is 0 Å². The van der Waals surface area contributed by atoms with Crippen LogP contribution < -0.4 is 0 Å². The van der Waals surface area contributed by atoms with E-state index in [2.05, 4.69) is 6.92 Å². The van der Waals surface area contributed by atoms with Crippen molar-refractivity contribution in [2.45, 2.75) is 71.1 Å². The molecule has 0 aromatic heterocycles. The summed E-state index contributed by atoms with van der Waals surface area (Å²) < 4.78 is 0. The van der Waals surface area contributed by atoms with Crippen LogP contribution in [0.1, 0.15) is 71.1 Å². The van der Waals surface area contributed by atoms with Gasteiger partial charge in [-0.2, -0.15) is 0 Å². The molecule has 0 fully saturated rings. The maximum atomic E-state index is 11.2. The van der Waals surface area contributed by atoms with Crippen molar-refractivity contribution in [3.8, 4) is 0 Å². The van der Waals surface area contributed by atoms with E-state index in [1.165, 1.54) is 12.2 Å². The van der Waals surface area contributed by atoms with Gasteiger partial charge in [0.25, 0.3) is 11.4 Å². The van der Waals surface area contributed by atoms with Crippen molar-refractivity contribution in [2.75, 3.05) is 0 Å². The fraction of sp³-hybridized carbons (Fsp3) is 0.550. The molecule has 0 saturated carbocycles. The van der Waals surface area contributed by atoms with Crippen LogP contribution in [-0.4, -0.2) is 16.1 Å². The number of nitro groups is 2. The quantitative estimate of drug-likeness (QED) is 0.154. The average molecular weight is 377 g/mol. The van der Waals surface area contributed by atoms with E-state index in [0.717, 1.165) is 25.7 Å². The predicted octanol–water partition coefficient (Wildman–Crippen LogP) is 5.45. The van der Waals surface area contributed by atoms with Gasteiger partial charge in [0.15, 0.2) is 6.29 Å². The first-order valence-electron chi connectivity index (χ1n) is 9.34.